The molecule has 1 fully saturated rings. The second kappa shape index (κ2) is 8.79. The number of benzene rings is 5. The first-order valence-corrected chi connectivity index (χ1v) is 14.3. The molecule has 9 rings (SSSR count). The predicted octanol–water partition coefficient (Wildman–Crippen LogP) is 6.24. The molecule has 0 spiro atoms. The summed E-state index contributed by atoms with van der Waals surface area (Å²) in [6.07, 6.45) is 2.00. The topological polar surface area (TPSA) is 82.1 Å². The van der Waals surface area contributed by atoms with E-state index in [0.717, 1.165) is 32.7 Å². The average Bonchev–Trinajstić information content (AvgIpc) is 3.61. The SMILES string of the molecule is O=C1Oc2ccc3ccccc3c2C2=C[C@H](c3ccc4c(c3)OCO4)[C@@H]3C(=O)N(c4ccc5ccccc5c4)C(=O)[C@H]3[C@@H]12. The quantitative estimate of drug-likeness (QED) is 0.143. The summed E-state index contributed by atoms with van der Waals surface area (Å²) in [6.45, 7) is 0.122. The molecule has 0 unspecified atom stereocenters. The molecule has 4 atom stereocenters. The summed E-state index contributed by atoms with van der Waals surface area (Å²) in [5.41, 5.74) is 2.81. The van der Waals surface area contributed by atoms with Crippen LogP contribution in [0.25, 0.3) is 27.1 Å². The number of esters is 1. The molecule has 0 radical (unpaired) electrons. The first kappa shape index (κ1) is 24.2. The zero-order valence-electron chi connectivity index (χ0n) is 22.7. The normalized spacial score (nSPS) is 23.6. The van der Waals surface area contributed by atoms with E-state index in [0.29, 0.717) is 28.5 Å². The summed E-state index contributed by atoms with van der Waals surface area (Å²) in [4.78, 5) is 43.9. The number of nitrogens with zero attached hydrogens (tertiary/aromatic N) is 1. The summed E-state index contributed by atoms with van der Waals surface area (Å²) in [5.74, 6) is -2.73. The number of carbonyl (C=O) groups excluding carboxylic acids is 3. The monoisotopic (exact) mass is 565 g/mol. The number of rotatable bonds is 2. The molecule has 2 amide bonds. The Hall–Kier alpha value is -5.43. The molecule has 4 aliphatic rings. The number of allylic oxidation sites excluding steroid dienone is 1. The van der Waals surface area contributed by atoms with E-state index < -0.39 is 35.5 Å². The largest absolute Gasteiger partial charge is 0.454 e. The summed E-state index contributed by atoms with van der Waals surface area (Å²) in [7, 11) is 0. The number of anilines is 1. The van der Waals surface area contributed by atoms with Crippen LogP contribution in [-0.2, 0) is 14.4 Å². The Morgan fingerprint density at radius 1 is 0.651 bits per heavy atom. The number of carbonyl (C=O) groups is 3. The molecule has 1 aliphatic carbocycles. The molecule has 1 saturated heterocycles. The molecule has 3 aliphatic heterocycles. The summed E-state index contributed by atoms with van der Waals surface area (Å²) in [6, 6.07) is 30.6. The van der Waals surface area contributed by atoms with E-state index >= 15 is 0 Å². The molecule has 5 aromatic rings. The van der Waals surface area contributed by atoms with Crippen LogP contribution in [0.2, 0.25) is 0 Å². The second-order valence-corrected chi connectivity index (χ2v) is 11.4. The van der Waals surface area contributed by atoms with Gasteiger partial charge in [0.05, 0.1) is 23.4 Å². The Morgan fingerprint density at radius 3 is 2.26 bits per heavy atom. The molecule has 0 N–H and O–H groups in total. The third-order valence-electron chi connectivity index (χ3n) is 9.25. The molecule has 3 heterocycles. The lowest BCUT2D eigenvalue weighted by atomic mass is 9.64. The van der Waals surface area contributed by atoms with Crippen molar-refractivity contribution in [2.45, 2.75) is 5.92 Å². The fourth-order valence-corrected chi connectivity index (χ4v) is 7.35. The Balaban J connectivity index is 1.26. The van der Waals surface area contributed by atoms with E-state index in [2.05, 4.69) is 0 Å². The van der Waals surface area contributed by atoms with Gasteiger partial charge in [-0.15, -0.1) is 0 Å². The zero-order valence-corrected chi connectivity index (χ0v) is 22.7. The molecule has 5 aromatic carbocycles. The minimum atomic E-state index is -0.936. The van der Waals surface area contributed by atoms with Crippen molar-refractivity contribution in [2.75, 3.05) is 11.7 Å². The third-order valence-corrected chi connectivity index (χ3v) is 9.25. The van der Waals surface area contributed by atoms with Crippen molar-refractivity contribution in [2.24, 2.45) is 17.8 Å². The van der Waals surface area contributed by atoms with Crippen molar-refractivity contribution in [1.29, 1.82) is 0 Å². The summed E-state index contributed by atoms with van der Waals surface area (Å²) < 4.78 is 17.1. The van der Waals surface area contributed by atoms with E-state index in [1.54, 1.807) is 12.1 Å². The first-order chi connectivity index (χ1) is 21.1. The lowest BCUT2D eigenvalue weighted by Crippen LogP contribution is -2.42. The van der Waals surface area contributed by atoms with Gasteiger partial charge in [-0.2, -0.15) is 0 Å². The fourth-order valence-electron chi connectivity index (χ4n) is 7.35. The summed E-state index contributed by atoms with van der Waals surface area (Å²) >= 11 is 0. The Labute approximate surface area is 245 Å². The van der Waals surface area contributed by atoms with Gasteiger partial charge in [-0.25, -0.2) is 4.90 Å². The van der Waals surface area contributed by atoms with Crippen LogP contribution in [-0.4, -0.2) is 24.6 Å². The Morgan fingerprint density at radius 2 is 1.37 bits per heavy atom. The molecule has 0 bridgehead atoms. The van der Waals surface area contributed by atoms with Crippen molar-refractivity contribution >= 4 is 50.6 Å². The van der Waals surface area contributed by atoms with Gasteiger partial charge < -0.3 is 14.2 Å². The lowest BCUT2D eigenvalue weighted by molar-refractivity contribution is -0.142. The minimum Gasteiger partial charge on any atom is -0.454 e. The molecule has 43 heavy (non-hydrogen) atoms. The number of fused-ring (bicyclic) bond motifs is 9. The smallest absolute Gasteiger partial charge is 0.319 e. The van der Waals surface area contributed by atoms with Crippen LogP contribution < -0.4 is 19.1 Å². The lowest BCUT2D eigenvalue weighted by Gasteiger charge is -2.38. The predicted molar refractivity (Wildman–Crippen MR) is 160 cm³/mol. The minimum absolute atomic E-state index is 0.122. The van der Waals surface area contributed by atoms with Crippen LogP contribution in [0.5, 0.6) is 17.2 Å². The van der Waals surface area contributed by atoms with Crippen molar-refractivity contribution in [3.8, 4) is 17.2 Å². The van der Waals surface area contributed by atoms with E-state index in [1.165, 1.54) is 4.90 Å². The van der Waals surface area contributed by atoms with Gasteiger partial charge in [0, 0.05) is 11.5 Å². The highest BCUT2D eigenvalue weighted by Crippen LogP contribution is 2.56. The Bertz CT molecular complexity index is 2100. The third kappa shape index (κ3) is 3.39. The van der Waals surface area contributed by atoms with Crippen LogP contribution >= 0.6 is 0 Å². The average molecular weight is 566 g/mol. The molecule has 0 saturated carbocycles. The van der Waals surface area contributed by atoms with Crippen LogP contribution in [0.1, 0.15) is 17.0 Å². The number of hydrogen-bond donors (Lipinski definition) is 0. The highest BCUT2D eigenvalue weighted by Gasteiger charge is 2.60. The van der Waals surface area contributed by atoms with E-state index in [4.69, 9.17) is 14.2 Å². The number of amides is 2. The van der Waals surface area contributed by atoms with Gasteiger partial charge in [0.2, 0.25) is 18.6 Å². The van der Waals surface area contributed by atoms with Gasteiger partial charge in [0.25, 0.3) is 0 Å². The molecule has 0 aromatic heterocycles. The van der Waals surface area contributed by atoms with Gasteiger partial charge in [0.15, 0.2) is 11.5 Å². The highest BCUT2D eigenvalue weighted by atomic mass is 16.7. The van der Waals surface area contributed by atoms with Crippen molar-refractivity contribution in [3.63, 3.8) is 0 Å². The standard InChI is InChI=1S/C36H23NO6/c38-34-31-25(22-11-13-27-29(16-22)42-18-41-27)17-26-30-24-8-4-3-6-20(24)10-14-28(30)43-36(40)32(26)33(31)35(39)37(34)23-12-9-19-5-1-2-7-21(19)15-23/h1-17,25,31-33H,18H2/t25-,31+,32+,33-/m1/s1. The van der Waals surface area contributed by atoms with Gasteiger partial charge >= 0.3 is 5.97 Å². The van der Waals surface area contributed by atoms with Crippen molar-refractivity contribution < 1.29 is 28.6 Å². The first-order valence-electron chi connectivity index (χ1n) is 14.3. The molecule has 7 heteroatoms. The maximum absolute atomic E-state index is 14.5. The van der Waals surface area contributed by atoms with E-state index in [1.807, 2.05) is 91.0 Å². The van der Waals surface area contributed by atoms with E-state index in [9.17, 15) is 14.4 Å². The van der Waals surface area contributed by atoms with Crippen LogP contribution in [0.15, 0.2) is 103 Å². The molecule has 7 nitrogen and oxygen atoms in total. The zero-order chi connectivity index (χ0) is 28.8. The second-order valence-electron chi connectivity index (χ2n) is 11.4. The van der Waals surface area contributed by atoms with Crippen molar-refractivity contribution in [3.05, 3.63) is 114 Å². The van der Waals surface area contributed by atoms with E-state index in [-0.39, 0.29) is 12.7 Å². The van der Waals surface area contributed by atoms with Gasteiger partial charge in [-0.05, 0) is 63.0 Å². The van der Waals surface area contributed by atoms with Crippen LogP contribution in [0, 0.1) is 17.8 Å². The van der Waals surface area contributed by atoms with Gasteiger partial charge in [-0.1, -0.05) is 72.8 Å². The number of imide groups is 1. The maximum atomic E-state index is 14.5. The number of hydrogen-bond acceptors (Lipinski definition) is 6. The molecule has 208 valence electrons. The van der Waals surface area contributed by atoms with Gasteiger partial charge in [-0.3, -0.25) is 14.4 Å². The highest BCUT2D eigenvalue weighted by molar-refractivity contribution is 6.25. The van der Waals surface area contributed by atoms with Gasteiger partial charge in [0.1, 0.15) is 5.75 Å². The Kier molecular flexibility index (Phi) is 4.94. The fraction of sp³-hybridized carbons (Fsp3) is 0.139. The van der Waals surface area contributed by atoms with Crippen LogP contribution in [0.3, 0.4) is 0 Å². The summed E-state index contributed by atoms with van der Waals surface area (Å²) in [5, 5.41) is 3.84. The molecular formula is C36H23NO6. The number of ether oxygens (including phenoxy) is 3. The maximum Gasteiger partial charge on any atom is 0.319 e. The van der Waals surface area contributed by atoms with Crippen molar-refractivity contribution in [1.82, 2.24) is 0 Å². The van der Waals surface area contributed by atoms with Crippen LogP contribution in [0.4, 0.5) is 5.69 Å². The molecular weight excluding hydrogens is 542 g/mol.